The number of aromatic amines is 1. The van der Waals surface area contributed by atoms with Gasteiger partial charge in [0.25, 0.3) is 5.56 Å². The van der Waals surface area contributed by atoms with Crippen LogP contribution in [-0.2, 0) is 0 Å². The second-order valence-electron chi connectivity index (χ2n) is 4.27. The molecule has 0 aromatic carbocycles. The lowest BCUT2D eigenvalue weighted by Crippen LogP contribution is -2.23. The van der Waals surface area contributed by atoms with E-state index in [9.17, 15) is 4.79 Å². The average Bonchev–Trinajstić information content (AvgIpc) is 2.20. The number of nitrogens with zero attached hydrogens (tertiary/aromatic N) is 1. The lowest BCUT2D eigenvalue weighted by molar-refractivity contribution is 0.376. The molecule has 0 spiro atoms. The lowest BCUT2D eigenvalue weighted by Gasteiger charge is -2.23. The van der Waals surface area contributed by atoms with E-state index in [-0.39, 0.29) is 11.0 Å². The summed E-state index contributed by atoms with van der Waals surface area (Å²) in [4.78, 5) is 17.8. The summed E-state index contributed by atoms with van der Waals surface area (Å²) >= 11 is 3.20. The minimum Gasteiger partial charge on any atom is -0.368 e. The third-order valence-corrected chi connectivity index (χ3v) is 3.22. The highest BCUT2D eigenvalue weighted by Gasteiger charge is 2.15. The smallest absolute Gasteiger partial charge is 0.267 e. The zero-order valence-corrected chi connectivity index (χ0v) is 10.8. The maximum atomic E-state index is 11.3. The summed E-state index contributed by atoms with van der Waals surface area (Å²) < 4.78 is 0.455. The van der Waals surface area contributed by atoms with E-state index >= 15 is 0 Å². The maximum Gasteiger partial charge on any atom is 0.267 e. The molecule has 1 heterocycles. The Hall–Kier alpha value is -0.840. The Balaban J connectivity index is 2.74. The highest BCUT2D eigenvalue weighted by atomic mass is 79.9. The largest absolute Gasteiger partial charge is 0.368 e. The molecule has 2 N–H and O–H groups in total. The Morgan fingerprint density at radius 3 is 2.87 bits per heavy atom. The van der Waals surface area contributed by atoms with Crippen molar-refractivity contribution in [3.63, 3.8) is 0 Å². The second kappa shape index (κ2) is 4.79. The summed E-state index contributed by atoms with van der Waals surface area (Å²) in [7, 11) is 0. The van der Waals surface area contributed by atoms with Crippen molar-refractivity contribution in [2.24, 2.45) is 5.41 Å². The predicted molar refractivity (Wildman–Crippen MR) is 65.1 cm³/mol. The predicted octanol–water partition coefficient (Wildman–Crippen LogP) is 2.38. The Morgan fingerprint density at radius 2 is 2.27 bits per heavy atom. The summed E-state index contributed by atoms with van der Waals surface area (Å²) in [5, 5.41) is 3.17. The molecule has 0 atom stereocenters. The van der Waals surface area contributed by atoms with Crippen LogP contribution in [-0.4, -0.2) is 16.5 Å². The molecular formula is C10H16BrN3O. The number of rotatable bonds is 4. The summed E-state index contributed by atoms with van der Waals surface area (Å²) in [6.45, 7) is 7.27. The molecule has 0 aliphatic carbocycles. The number of anilines is 1. The van der Waals surface area contributed by atoms with Crippen molar-refractivity contribution in [2.45, 2.75) is 27.2 Å². The zero-order chi connectivity index (χ0) is 11.5. The first-order valence-electron chi connectivity index (χ1n) is 4.93. The third-order valence-electron chi connectivity index (χ3n) is 2.49. The van der Waals surface area contributed by atoms with Gasteiger partial charge in [0.1, 0.15) is 10.3 Å². The van der Waals surface area contributed by atoms with E-state index in [0.717, 1.165) is 13.0 Å². The van der Waals surface area contributed by atoms with Crippen molar-refractivity contribution in [3.8, 4) is 0 Å². The quantitative estimate of drug-likeness (QED) is 0.886. The van der Waals surface area contributed by atoms with Crippen LogP contribution in [0.2, 0.25) is 0 Å². The zero-order valence-electron chi connectivity index (χ0n) is 9.22. The van der Waals surface area contributed by atoms with Crippen molar-refractivity contribution in [1.29, 1.82) is 0 Å². The first-order valence-corrected chi connectivity index (χ1v) is 5.72. The fourth-order valence-electron chi connectivity index (χ4n) is 0.954. The van der Waals surface area contributed by atoms with Gasteiger partial charge in [-0.15, -0.1) is 0 Å². The number of hydrogen-bond donors (Lipinski definition) is 2. The van der Waals surface area contributed by atoms with E-state index < -0.39 is 0 Å². The van der Waals surface area contributed by atoms with Crippen LogP contribution in [0.1, 0.15) is 27.2 Å². The number of aromatic nitrogens is 2. The molecular weight excluding hydrogens is 258 g/mol. The number of nitrogens with one attached hydrogen (secondary N) is 2. The summed E-state index contributed by atoms with van der Waals surface area (Å²) in [6.07, 6.45) is 2.47. The van der Waals surface area contributed by atoms with Crippen molar-refractivity contribution < 1.29 is 0 Å². The average molecular weight is 274 g/mol. The lowest BCUT2D eigenvalue weighted by atomic mass is 9.90. The van der Waals surface area contributed by atoms with Gasteiger partial charge in [0, 0.05) is 6.54 Å². The highest BCUT2D eigenvalue weighted by Crippen LogP contribution is 2.21. The molecule has 0 radical (unpaired) electrons. The Labute approximate surface area is 97.6 Å². The van der Waals surface area contributed by atoms with Gasteiger partial charge in [-0.3, -0.25) is 4.79 Å². The molecule has 0 saturated carbocycles. The van der Waals surface area contributed by atoms with E-state index in [4.69, 9.17) is 0 Å². The van der Waals surface area contributed by atoms with Crippen LogP contribution in [0.5, 0.6) is 0 Å². The highest BCUT2D eigenvalue weighted by molar-refractivity contribution is 9.10. The van der Waals surface area contributed by atoms with E-state index in [1.807, 2.05) is 0 Å². The van der Waals surface area contributed by atoms with Crippen LogP contribution in [0.15, 0.2) is 15.6 Å². The molecule has 0 unspecified atom stereocenters. The third kappa shape index (κ3) is 3.34. The molecule has 0 fully saturated rings. The van der Waals surface area contributed by atoms with Crippen LogP contribution in [0.4, 0.5) is 5.82 Å². The number of halogens is 1. The van der Waals surface area contributed by atoms with Crippen molar-refractivity contribution in [1.82, 2.24) is 9.97 Å². The first-order chi connectivity index (χ1) is 6.96. The minimum absolute atomic E-state index is 0.165. The van der Waals surface area contributed by atoms with Gasteiger partial charge in [-0.2, -0.15) is 0 Å². The van der Waals surface area contributed by atoms with E-state index in [1.54, 1.807) is 0 Å². The molecule has 1 aromatic heterocycles. The van der Waals surface area contributed by atoms with Crippen LogP contribution in [0, 0.1) is 5.41 Å². The van der Waals surface area contributed by atoms with E-state index in [0.29, 0.717) is 10.3 Å². The van der Waals surface area contributed by atoms with Gasteiger partial charge in [0.05, 0.1) is 6.33 Å². The molecule has 0 aliphatic heterocycles. The standard InChI is InChI=1S/C10H16BrN3O/c1-4-10(2,3)5-12-8-7(11)9(15)14-6-13-8/h6H,4-5H2,1-3H3,(H2,12,13,14,15). The van der Waals surface area contributed by atoms with E-state index in [1.165, 1.54) is 6.33 Å². The van der Waals surface area contributed by atoms with Crippen LogP contribution >= 0.6 is 15.9 Å². The molecule has 5 heteroatoms. The van der Waals surface area contributed by atoms with Gasteiger partial charge in [-0.1, -0.05) is 20.8 Å². The van der Waals surface area contributed by atoms with Gasteiger partial charge >= 0.3 is 0 Å². The van der Waals surface area contributed by atoms with Crippen molar-refractivity contribution in [2.75, 3.05) is 11.9 Å². The Morgan fingerprint density at radius 1 is 1.60 bits per heavy atom. The Kier molecular flexibility index (Phi) is 3.90. The molecule has 1 rings (SSSR count). The normalized spacial score (nSPS) is 11.5. The van der Waals surface area contributed by atoms with Crippen molar-refractivity contribution >= 4 is 21.7 Å². The van der Waals surface area contributed by atoms with Crippen LogP contribution in [0.25, 0.3) is 0 Å². The van der Waals surface area contributed by atoms with Crippen molar-refractivity contribution in [3.05, 3.63) is 21.2 Å². The monoisotopic (exact) mass is 273 g/mol. The topological polar surface area (TPSA) is 57.8 Å². The summed E-state index contributed by atoms with van der Waals surface area (Å²) in [5.74, 6) is 0.597. The second-order valence-corrected chi connectivity index (χ2v) is 5.06. The molecule has 0 amide bonds. The van der Waals surface area contributed by atoms with Gasteiger partial charge in [-0.05, 0) is 27.8 Å². The summed E-state index contributed by atoms with van der Waals surface area (Å²) in [6, 6.07) is 0. The molecule has 1 aromatic rings. The minimum atomic E-state index is -0.165. The molecule has 0 aliphatic rings. The molecule has 0 saturated heterocycles. The molecule has 4 nitrogen and oxygen atoms in total. The van der Waals surface area contributed by atoms with Gasteiger partial charge in [0.15, 0.2) is 0 Å². The summed E-state index contributed by atoms with van der Waals surface area (Å²) in [5.41, 5.74) is 0.0331. The fourth-order valence-corrected chi connectivity index (χ4v) is 1.31. The fraction of sp³-hybridized carbons (Fsp3) is 0.600. The number of hydrogen-bond acceptors (Lipinski definition) is 3. The van der Waals surface area contributed by atoms with Gasteiger partial charge in [-0.25, -0.2) is 4.98 Å². The van der Waals surface area contributed by atoms with E-state index in [2.05, 4.69) is 52.0 Å². The van der Waals surface area contributed by atoms with Gasteiger partial charge in [0.2, 0.25) is 0 Å². The SMILES string of the molecule is CCC(C)(C)CNc1nc[nH]c(=O)c1Br. The Bertz CT molecular complexity index is 386. The van der Waals surface area contributed by atoms with Crippen LogP contribution < -0.4 is 10.9 Å². The first kappa shape index (κ1) is 12.2. The molecule has 15 heavy (non-hydrogen) atoms. The van der Waals surface area contributed by atoms with Gasteiger partial charge < -0.3 is 10.3 Å². The van der Waals surface area contributed by atoms with Crippen LogP contribution in [0.3, 0.4) is 0 Å². The maximum absolute atomic E-state index is 11.3. The molecule has 0 bridgehead atoms. The number of H-pyrrole nitrogens is 1. The molecule has 84 valence electrons.